The van der Waals surface area contributed by atoms with Crippen LogP contribution in [-0.4, -0.2) is 16.0 Å². The van der Waals surface area contributed by atoms with Crippen LogP contribution in [0.25, 0.3) is 22.2 Å². The molecular formula is C21H14ClF3N4O. The summed E-state index contributed by atoms with van der Waals surface area (Å²) in [5.74, 6) is 0. The molecule has 30 heavy (non-hydrogen) atoms. The van der Waals surface area contributed by atoms with Crippen LogP contribution in [0.3, 0.4) is 0 Å². The molecule has 4 rings (SSSR count). The molecule has 0 aliphatic rings. The number of pyridine rings is 1. The molecule has 0 bridgehead atoms. The number of aromatic nitrogens is 2. The molecule has 0 aliphatic carbocycles. The van der Waals surface area contributed by atoms with E-state index in [-0.39, 0.29) is 5.69 Å². The fraction of sp³-hybridized carbons (Fsp3) is 0.0476. The number of hydrogen-bond acceptors (Lipinski definition) is 2. The van der Waals surface area contributed by atoms with Crippen molar-refractivity contribution in [3.8, 4) is 11.1 Å². The number of carbonyl (C=O) groups is 1. The Morgan fingerprint density at radius 3 is 2.43 bits per heavy atom. The Morgan fingerprint density at radius 1 is 1.00 bits per heavy atom. The molecule has 0 aliphatic heterocycles. The molecule has 9 heteroatoms. The summed E-state index contributed by atoms with van der Waals surface area (Å²) in [5, 5.41) is 5.50. The minimum absolute atomic E-state index is 0.0212. The zero-order chi connectivity index (χ0) is 21.3. The molecule has 2 amide bonds. The lowest BCUT2D eigenvalue weighted by molar-refractivity contribution is -0.137. The van der Waals surface area contributed by atoms with Gasteiger partial charge in [0.05, 0.1) is 10.6 Å². The first kappa shape index (κ1) is 19.8. The number of fused-ring (bicyclic) bond motifs is 1. The number of nitrogens with one attached hydrogen (secondary N) is 3. The molecule has 2 heterocycles. The number of anilines is 2. The highest BCUT2D eigenvalue weighted by Gasteiger charge is 2.33. The van der Waals surface area contributed by atoms with Crippen molar-refractivity contribution in [2.24, 2.45) is 0 Å². The quantitative estimate of drug-likeness (QED) is 0.345. The second kappa shape index (κ2) is 7.72. The van der Waals surface area contributed by atoms with Crippen molar-refractivity contribution in [2.75, 3.05) is 10.6 Å². The first-order valence-electron chi connectivity index (χ1n) is 8.78. The Morgan fingerprint density at radius 2 is 1.70 bits per heavy atom. The van der Waals surface area contributed by atoms with Gasteiger partial charge in [0.2, 0.25) is 0 Å². The molecule has 0 saturated heterocycles. The number of urea groups is 1. The van der Waals surface area contributed by atoms with Crippen LogP contribution in [-0.2, 0) is 6.18 Å². The number of H-pyrrole nitrogens is 1. The summed E-state index contributed by atoms with van der Waals surface area (Å²) in [7, 11) is 0. The lowest BCUT2D eigenvalue weighted by atomic mass is 10.1. The number of halogens is 4. The maximum absolute atomic E-state index is 12.9. The smallest absolute Gasteiger partial charge is 0.346 e. The first-order valence-corrected chi connectivity index (χ1v) is 9.16. The van der Waals surface area contributed by atoms with Gasteiger partial charge in [-0.05, 0) is 48.0 Å². The Balaban J connectivity index is 1.47. The van der Waals surface area contributed by atoms with Gasteiger partial charge in [0.25, 0.3) is 0 Å². The topological polar surface area (TPSA) is 69.8 Å². The summed E-state index contributed by atoms with van der Waals surface area (Å²) < 4.78 is 38.8. The first-order chi connectivity index (χ1) is 14.3. The highest BCUT2D eigenvalue weighted by atomic mass is 35.5. The summed E-state index contributed by atoms with van der Waals surface area (Å²) in [4.78, 5) is 19.5. The van der Waals surface area contributed by atoms with Gasteiger partial charge in [-0.25, -0.2) is 9.78 Å². The van der Waals surface area contributed by atoms with E-state index in [4.69, 9.17) is 11.6 Å². The number of aromatic amines is 1. The van der Waals surface area contributed by atoms with E-state index in [2.05, 4.69) is 20.6 Å². The highest BCUT2D eigenvalue weighted by molar-refractivity contribution is 6.31. The van der Waals surface area contributed by atoms with E-state index in [1.165, 1.54) is 6.07 Å². The number of rotatable bonds is 3. The lowest BCUT2D eigenvalue weighted by Crippen LogP contribution is -2.19. The normalized spacial score (nSPS) is 11.5. The third kappa shape index (κ3) is 4.08. The fourth-order valence-electron chi connectivity index (χ4n) is 3.04. The second-order valence-corrected chi connectivity index (χ2v) is 6.86. The van der Waals surface area contributed by atoms with Gasteiger partial charge in [0, 0.05) is 34.7 Å². The summed E-state index contributed by atoms with van der Waals surface area (Å²) >= 11 is 5.59. The molecule has 0 atom stereocenters. The second-order valence-electron chi connectivity index (χ2n) is 6.45. The maximum atomic E-state index is 12.9. The number of hydrogen-bond donors (Lipinski definition) is 3. The predicted molar refractivity (Wildman–Crippen MR) is 111 cm³/mol. The number of benzene rings is 2. The van der Waals surface area contributed by atoms with E-state index in [0.717, 1.165) is 34.3 Å². The van der Waals surface area contributed by atoms with E-state index >= 15 is 0 Å². The minimum atomic E-state index is -4.61. The van der Waals surface area contributed by atoms with Gasteiger partial charge in [0.1, 0.15) is 5.65 Å². The summed E-state index contributed by atoms with van der Waals surface area (Å²) in [6.45, 7) is 0. The zero-order valence-electron chi connectivity index (χ0n) is 15.2. The number of carbonyl (C=O) groups excluding carboxylic acids is 1. The van der Waals surface area contributed by atoms with Crippen molar-refractivity contribution < 1.29 is 18.0 Å². The molecule has 3 N–H and O–H groups in total. The lowest BCUT2D eigenvalue weighted by Gasteiger charge is -2.12. The molecule has 5 nitrogen and oxygen atoms in total. The van der Waals surface area contributed by atoms with E-state index in [0.29, 0.717) is 5.69 Å². The maximum Gasteiger partial charge on any atom is 0.417 e. The average molecular weight is 431 g/mol. The summed E-state index contributed by atoms with van der Waals surface area (Å²) in [6.07, 6.45) is -1.06. The molecule has 4 aromatic rings. The van der Waals surface area contributed by atoms with Crippen LogP contribution in [0.4, 0.5) is 29.3 Å². The van der Waals surface area contributed by atoms with Gasteiger partial charge in [-0.15, -0.1) is 0 Å². The largest absolute Gasteiger partial charge is 0.417 e. The van der Waals surface area contributed by atoms with Crippen molar-refractivity contribution in [3.63, 3.8) is 0 Å². The van der Waals surface area contributed by atoms with E-state index in [1.807, 2.05) is 30.5 Å². The van der Waals surface area contributed by atoms with Crippen LogP contribution >= 0.6 is 11.6 Å². The van der Waals surface area contributed by atoms with Crippen LogP contribution < -0.4 is 10.6 Å². The molecule has 0 unspecified atom stereocenters. The molecule has 0 radical (unpaired) electrons. The number of amides is 2. The SMILES string of the molecule is O=C(Nc1ccc(-c2c[nH]c3ncccc23)cc1)Nc1ccc(Cl)c(C(F)(F)F)c1. The van der Waals surface area contributed by atoms with E-state index in [1.54, 1.807) is 18.3 Å². The Hall–Kier alpha value is -3.52. The predicted octanol–water partition coefficient (Wildman–Crippen LogP) is 6.55. The Kier molecular flexibility index (Phi) is 5.09. The Bertz CT molecular complexity index is 1220. The summed E-state index contributed by atoms with van der Waals surface area (Å²) in [6, 6.07) is 13.4. The number of alkyl halides is 3. The van der Waals surface area contributed by atoms with Gasteiger partial charge < -0.3 is 15.6 Å². The van der Waals surface area contributed by atoms with Crippen LogP contribution in [0.15, 0.2) is 67.0 Å². The molecule has 0 spiro atoms. The standard InChI is InChI=1S/C21H14ClF3N4O/c22-18-8-7-14(10-17(18)21(23,24)25)29-20(30)28-13-5-3-12(4-6-13)16-11-27-19-15(16)2-1-9-26-19/h1-11H,(H,26,27)(H2,28,29,30). The fourth-order valence-corrected chi connectivity index (χ4v) is 3.27. The van der Waals surface area contributed by atoms with Gasteiger partial charge in [-0.1, -0.05) is 23.7 Å². The molecule has 2 aromatic carbocycles. The highest BCUT2D eigenvalue weighted by Crippen LogP contribution is 2.36. The van der Waals surface area contributed by atoms with Crippen LogP contribution in [0.1, 0.15) is 5.56 Å². The van der Waals surface area contributed by atoms with Crippen molar-refractivity contribution in [3.05, 3.63) is 77.6 Å². The van der Waals surface area contributed by atoms with Crippen molar-refractivity contribution >= 4 is 40.0 Å². The summed E-state index contributed by atoms with van der Waals surface area (Å²) in [5.41, 5.74) is 2.11. The Labute approximate surface area is 173 Å². The van der Waals surface area contributed by atoms with Crippen LogP contribution in [0.5, 0.6) is 0 Å². The molecule has 2 aromatic heterocycles. The number of nitrogens with zero attached hydrogens (tertiary/aromatic N) is 1. The van der Waals surface area contributed by atoms with E-state index in [9.17, 15) is 18.0 Å². The van der Waals surface area contributed by atoms with Crippen LogP contribution in [0, 0.1) is 0 Å². The molecule has 0 saturated carbocycles. The van der Waals surface area contributed by atoms with Gasteiger partial charge >= 0.3 is 12.2 Å². The van der Waals surface area contributed by atoms with Crippen molar-refractivity contribution in [1.29, 1.82) is 0 Å². The molecular weight excluding hydrogens is 417 g/mol. The van der Waals surface area contributed by atoms with Gasteiger partial charge in [0.15, 0.2) is 0 Å². The van der Waals surface area contributed by atoms with Gasteiger partial charge in [-0.3, -0.25) is 0 Å². The van der Waals surface area contributed by atoms with Crippen molar-refractivity contribution in [2.45, 2.75) is 6.18 Å². The minimum Gasteiger partial charge on any atom is -0.346 e. The monoisotopic (exact) mass is 430 g/mol. The van der Waals surface area contributed by atoms with Gasteiger partial charge in [-0.2, -0.15) is 13.2 Å². The van der Waals surface area contributed by atoms with Crippen LogP contribution in [0.2, 0.25) is 5.02 Å². The zero-order valence-corrected chi connectivity index (χ0v) is 16.0. The van der Waals surface area contributed by atoms with E-state index < -0.39 is 22.8 Å². The molecule has 152 valence electrons. The van der Waals surface area contributed by atoms with Crippen molar-refractivity contribution in [1.82, 2.24) is 9.97 Å². The average Bonchev–Trinajstić information content (AvgIpc) is 3.13. The third-order valence-electron chi connectivity index (χ3n) is 4.43. The third-order valence-corrected chi connectivity index (χ3v) is 4.76. The molecule has 0 fully saturated rings.